The molecule has 1 heterocycles. The molecule has 0 amide bonds. The van der Waals surface area contributed by atoms with E-state index in [4.69, 9.17) is 0 Å². The summed E-state index contributed by atoms with van der Waals surface area (Å²) in [5.74, 6) is 0. The highest BCUT2D eigenvalue weighted by atomic mass is 28.3. The van der Waals surface area contributed by atoms with Crippen LogP contribution in [0, 0.1) is 0 Å². The Morgan fingerprint density at radius 1 is 0.609 bits per heavy atom. The van der Waals surface area contributed by atoms with Crippen molar-refractivity contribution in [2.75, 3.05) is 0 Å². The number of fused-ring (bicyclic) bond motifs is 3. The average Bonchev–Trinajstić information content (AvgIpc) is 2.89. The Labute approximate surface area is 140 Å². The van der Waals surface area contributed by atoms with Gasteiger partial charge >= 0.3 is 0 Å². The van der Waals surface area contributed by atoms with Crippen molar-refractivity contribution in [3.05, 3.63) is 78.4 Å². The molecule has 1 aliphatic rings. The van der Waals surface area contributed by atoms with E-state index in [-0.39, 0.29) is 5.41 Å². The van der Waals surface area contributed by atoms with Gasteiger partial charge in [-0.2, -0.15) is 0 Å². The Bertz CT molecular complexity index is 808. The number of hydrogen-bond acceptors (Lipinski definition) is 0. The topological polar surface area (TPSA) is 0 Å². The second kappa shape index (κ2) is 5.21. The first-order valence-electron chi connectivity index (χ1n) is 8.34. The first-order valence-corrected chi connectivity index (χ1v) is 10.1. The van der Waals surface area contributed by atoms with Crippen molar-refractivity contribution in [1.82, 2.24) is 0 Å². The van der Waals surface area contributed by atoms with Gasteiger partial charge in [-0.1, -0.05) is 98.8 Å². The molecule has 23 heavy (non-hydrogen) atoms. The summed E-state index contributed by atoms with van der Waals surface area (Å²) in [6, 6.07) is 27.3. The molecule has 0 atom stereocenters. The molecule has 0 aliphatic carbocycles. The molecule has 0 aromatic heterocycles. The molecule has 0 saturated heterocycles. The highest BCUT2D eigenvalue weighted by Gasteiger charge is 2.30. The van der Waals surface area contributed by atoms with Gasteiger partial charge < -0.3 is 0 Å². The van der Waals surface area contributed by atoms with Crippen molar-refractivity contribution >= 4 is 24.4 Å². The summed E-state index contributed by atoms with van der Waals surface area (Å²) in [7, 11) is -1.31. The van der Waals surface area contributed by atoms with Crippen LogP contribution < -0.4 is 15.6 Å². The van der Waals surface area contributed by atoms with Gasteiger partial charge in [0.15, 0.2) is 0 Å². The maximum Gasteiger partial charge on any atom is 0.134 e. The van der Waals surface area contributed by atoms with E-state index >= 15 is 0 Å². The molecule has 3 aromatic rings. The summed E-state index contributed by atoms with van der Waals surface area (Å²) in [5, 5.41) is 4.66. The lowest BCUT2D eigenvalue weighted by molar-refractivity contribution is 0.590. The summed E-state index contributed by atoms with van der Waals surface area (Å²) in [6.45, 7) is 6.83. The molecule has 0 bridgehead atoms. The summed E-state index contributed by atoms with van der Waals surface area (Å²) < 4.78 is 0. The second-order valence-corrected chi connectivity index (χ2v) is 10.3. The maximum absolute atomic E-state index is 2.37. The molecule has 0 fully saturated rings. The van der Waals surface area contributed by atoms with Crippen molar-refractivity contribution in [3.8, 4) is 11.1 Å². The van der Waals surface area contributed by atoms with Gasteiger partial charge in [0.1, 0.15) is 8.80 Å². The Morgan fingerprint density at radius 3 is 1.57 bits per heavy atom. The van der Waals surface area contributed by atoms with E-state index in [1.54, 1.807) is 10.4 Å². The van der Waals surface area contributed by atoms with E-state index in [0.717, 1.165) is 0 Å². The van der Waals surface area contributed by atoms with Gasteiger partial charge in [-0.3, -0.25) is 0 Å². The van der Waals surface area contributed by atoms with Crippen molar-refractivity contribution < 1.29 is 0 Å². The van der Waals surface area contributed by atoms with Gasteiger partial charge in [-0.15, -0.1) is 0 Å². The zero-order valence-electron chi connectivity index (χ0n) is 14.0. The fraction of sp³-hybridized carbons (Fsp3) is 0.182. The van der Waals surface area contributed by atoms with Gasteiger partial charge in [-0.25, -0.2) is 0 Å². The molecule has 0 radical (unpaired) electrons. The molecule has 0 nitrogen and oxygen atoms in total. The smallest absolute Gasteiger partial charge is 0.0623 e. The van der Waals surface area contributed by atoms with E-state index in [0.29, 0.717) is 0 Å². The maximum atomic E-state index is 2.37. The lowest BCUT2D eigenvalue weighted by Gasteiger charge is -2.20. The third kappa shape index (κ3) is 2.36. The van der Waals surface area contributed by atoms with Crippen LogP contribution in [-0.2, 0) is 5.41 Å². The van der Waals surface area contributed by atoms with Gasteiger partial charge in [0, 0.05) is 0 Å². The molecule has 1 aliphatic heterocycles. The van der Waals surface area contributed by atoms with Crippen LogP contribution in [0.5, 0.6) is 0 Å². The largest absolute Gasteiger partial charge is 0.134 e. The number of hydrogen-bond donors (Lipinski definition) is 0. The van der Waals surface area contributed by atoms with Crippen molar-refractivity contribution in [3.63, 3.8) is 0 Å². The average molecular weight is 315 g/mol. The normalized spacial score (nSPS) is 13.7. The lowest BCUT2D eigenvalue weighted by Crippen LogP contribution is -2.48. The van der Waals surface area contributed by atoms with Crippen LogP contribution in [0.25, 0.3) is 11.1 Å². The summed E-state index contributed by atoms with van der Waals surface area (Å²) in [5.41, 5.74) is 4.51. The van der Waals surface area contributed by atoms with Crippen LogP contribution in [0.15, 0.2) is 72.8 Å². The fourth-order valence-electron chi connectivity index (χ4n) is 3.69. The first-order chi connectivity index (χ1) is 11.1. The highest BCUT2D eigenvalue weighted by Crippen LogP contribution is 2.24. The first kappa shape index (κ1) is 14.5. The van der Waals surface area contributed by atoms with Crippen LogP contribution >= 0.6 is 0 Å². The quantitative estimate of drug-likeness (QED) is 0.473. The molecule has 0 N–H and O–H groups in total. The van der Waals surface area contributed by atoms with Gasteiger partial charge in [0.25, 0.3) is 0 Å². The van der Waals surface area contributed by atoms with Crippen LogP contribution in [0.3, 0.4) is 0 Å². The molecule has 4 rings (SSSR count). The Morgan fingerprint density at radius 2 is 1.09 bits per heavy atom. The monoisotopic (exact) mass is 314 g/mol. The second-order valence-electron chi connectivity index (χ2n) is 7.48. The lowest BCUT2D eigenvalue weighted by atomic mass is 9.87. The molecule has 3 aromatic carbocycles. The minimum Gasteiger partial charge on any atom is -0.0623 e. The molecular formula is C22H22Si. The van der Waals surface area contributed by atoms with Crippen LogP contribution in [0.2, 0.25) is 0 Å². The van der Waals surface area contributed by atoms with Gasteiger partial charge in [0.05, 0.1) is 0 Å². The molecule has 0 spiro atoms. The van der Waals surface area contributed by atoms with Crippen LogP contribution in [0.1, 0.15) is 26.3 Å². The van der Waals surface area contributed by atoms with Crippen molar-refractivity contribution in [2.24, 2.45) is 0 Å². The van der Waals surface area contributed by atoms with Crippen molar-refractivity contribution in [1.29, 1.82) is 0 Å². The number of rotatable bonds is 1. The standard InChI is InChI=1S/C22H22Si/c1-22(2,3)16-12-14-17(15-13-16)23-20-10-6-4-8-18(20)19-9-5-7-11-21(19)23/h4-15,23H,1-3H3. The minimum atomic E-state index is -1.31. The van der Waals surface area contributed by atoms with Crippen LogP contribution in [-0.4, -0.2) is 8.80 Å². The SMILES string of the molecule is CC(C)(C)c1ccc([SiH]2c3ccccc3-c3ccccc32)cc1. The van der Waals surface area contributed by atoms with E-state index in [9.17, 15) is 0 Å². The summed E-state index contributed by atoms with van der Waals surface area (Å²) in [4.78, 5) is 0. The Balaban J connectivity index is 1.86. The van der Waals surface area contributed by atoms with Crippen LogP contribution in [0.4, 0.5) is 0 Å². The van der Waals surface area contributed by atoms with E-state index in [1.807, 2.05) is 0 Å². The third-order valence-electron chi connectivity index (χ3n) is 4.94. The van der Waals surface area contributed by atoms with Crippen molar-refractivity contribution in [2.45, 2.75) is 26.2 Å². The Kier molecular flexibility index (Phi) is 3.28. The zero-order chi connectivity index (χ0) is 16.0. The van der Waals surface area contributed by atoms with Gasteiger partial charge in [0.2, 0.25) is 0 Å². The minimum absolute atomic E-state index is 0.214. The van der Waals surface area contributed by atoms with E-state index < -0.39 is 8.80 Å². The van der Waals surface area contributed by atoms with E-state index in [1.165, 1.54) is 21.9 Å². The van der Waals surface area contributed by atoms with E-state index in [2.05, 4.69) is 93.6 Å². The van der Waals surface area contributed by atoms with Gasteiger partial charge in [-0.05, 0) is 32.5 Å². The fourth-order valence-corrected chi connectivity index (χ4v) is 7.05. The Hall–Kier alpha value is -2.12. The molecular weight excluding hydrogens is 292 g/mol. The summed E-state index contributed by atoms with van der Waals surface area (Å²) >= 11 is 0. The number of benzene rings is 3. The third-order valence-corrected chi connectivity index (χ3v) is 8.25. The predicted octanol–water partition coefficient (Wildman–Crippen LogP) is 3.21. The molecule has 1 heteroatoms. The zero-order valence-corrected chi connectivity index (χ0v) is 15.2. The summed E-state index contributed by atoms with van der Waals surface area (Å²) in [6.07, 6.45) is 0. The molecule has 0 saturated carbocycles. The molecule has 114 valence electrons. The highest BCUT2D eigenvalue weighted by molar-refractivity contribution is 6.99. The molecule has 0 unspecified atom stereocenters. The predicted molar refractivity (Wildman–Crippen MR) is 103 cm³/mol.